The summed E-state index contributed by atoms with van der Waals surface area (Å²) in [7, 11) is 1.81. The molecular weight excluding hydrogens is 240 g/mol. The molecule has 5 nitrogen and oxygen atoms in total. The van der Waals surface area contributed by atoms with Gasteiger partial charge in [-0.15, -0.1) is 0 Å². The van der Waals surface area contributed by atoms with Crippen molar-refractivity contribution in [2.45, 2.75) is 6.92 Å². The lowest BCUT2D eigenvalue weighted by molar-refractivity contribution is 0.332. The second-order valence-electron chi connectivity index (χ2n) is 4.13. The van der Waals surface area contributed by atoms with Crippen LogP contribution in [0, 0.1) is 18.3 Å². The summed E-state index contributed by atoms with van der Waals surface area (Å²) < 4.78 is 7.25. The Bertz CT molecular complexity index is 583. The molecule has 0 unspecified atom stereocenters. The third kappa shape index (κ3) is 3.05. The highest BCUT2D eigenvalue weighted by Gasteiger charge is 2.11. The Labute approximate surface area is 112 Å². The second kappa shape index (κ2) is 5.91. The number of nitrogens with one attached hydrogen (secondary N) is 1. The number of anilines is 1. The van der Waals surface area contributed by atoms with E-state index in [1.165, 1.54) is 0 Å². The van der Waals surface area contributed by atoms with Crippen LogP contribution >= 0.6 is 0 Å². The van der Waals surface area contributed by atoms with E-state index in [2.05, 4.69) is 16.5 Å². The first-order chi connectivity index (χ1) is 9.22. The van der Waals surface area contributed by atoms with E-state index in [0.29, 0.717) is 18.7 Å². The van der Waals surface area contributed by atoms with Gasteiger partial charge in [0.1, 0.15) is 29.8 Å². The minimum atomic E-state index is 0.527. The predicted molar refractivity (Wildman–Crippen MR) is 73.1 cm³/mol. The molecule has 0 aliphatic carbocycles. The van der Waals surface area contributed by atoms with Crippen molar-refractivity contribution >= 4 is 5.82 Å². The van der Waals surface area contributed by atoms with E-state index in [4.69, 9.17) is 10.00 Å². The monoisotopic (exact) mass is 256 g/mol. The first kappa shape index (κ1) is 13.0. The largest absolute Gasteiger partial charge is 0.492 e. The molecule has 1 aromatic carbocycles. The zero-order valence-corrected chi connectivity index (χ0v) is 11.1. The number of benzene rings is 1. The molecule has 0 saturated heterocycles. The van der Waals surface area contributed by atoms with Crippen LogP contribution in [0.25, 0.3) is 0 Å². The van der Waals surface area contributed by atoms with Crippen molar-refractivity contribution < 1.29 is 4.74 Å². The summed E-state index contributed by atoms with van der Waals surface area (Å²) in [5, 5.41) is 16.5. The lowest BCUT2D eigenvalue weighted by Crippen LogP contribution is -2.14. The minimum Gasteiger partial charge on any atom is -0.492 e. The Morgan fingerprint density at radius 3 is 2.79 bits per heavy atom. The number of para-hydroxylation sites is 1. The van der Waals surface area contributed by atoms with Gasteiger partial charge < -0.3 is 10.1 Å². The predicted octanol–water partition coefficient (Wildman–Crippen LogP) is 2.09. The third-order valence-corrected chi connectivity index (χ3v) is 2.74. The Balaban J connectivity index is 1.88. The van der Waals surface area contributed by atoms with Gasteiger partial charge >= 0.3 is 0 Å². The van der Waals surface area contributed by atoms with Crippen LogP contribution in [0.4, 0.5) is 5.82 Å². The average molecular weight is 256 g/mol. The van der Waals surface area contributed by atoms with Gasteiger partial charge in [-0.1, -0.05) is 18.2 Å². The van der Waals surface area contributed by atoms with Crippen LogP contribution in [0.3, 0.4) is 0 Å². The topological polar surface area (TPSA) is 62.9 Å². The molecule has 1 heterocycles. The fourth-order valence-electron chi connectivity index (χ4n) is 1.85. The summed E-state index contributed by atoms with van der Waals surface area (Å²) in [6.07, 6.45) is 0. The first-order valence-corrected chi connectivity index (χ1v) is 6.08. The van der Waals surface area contributed by atoms with Crippen molar-refractivity contribution in [3.8, 4) is 11.8 Å². The zero-order valence-electron chi connectivity index (χ0n) is 11.1. The van der Waals surface area contributed by atoms with Crippen LogP contribution in [0.5, 0.6) is 5.75 Å². The van der Waals surface area contributed by atoms with Crippen LogP contribution in [0.1, 0.15) is 11.3 Å². The maximum Gasteiger partial charge on any atom is 0.142 e. The van der Waals surface area contributed by atoms with Crippen LogP contribution in [0.15, 0.2) is 30.3 Å². The first-order valence-electron chi connectivity index (χ1n) is 6.08. The number of hydrogen-bond acceptors (Lipinski definition) is 4. The Kier molecular flexibility index (Phi) is 4.04. The molecule has 0 amide bonds. The maximum absolute atomic E-state index is 9.07. The van der Waals surface area contributed by atoms with Gasteiger partial charge in [0.2, 0.25) is 0 Å². The molecule has 1 N–H and O–H groups in total. The SMILES string of the molecule is Cc1nn(C)c(NCCOc2ccccc2)c1C#N. The molecule has 19 heavy (non-hydrogen) atoms. The van der Waals surface area contributed by atoms with Gasteiger partial charge in [-0.2, -0.15) is 10.4 Å². The lowest BCUT2D eigenvalue weighted by atomic mass is 10.2. The van der Waals surface area contributed by atoms with E-state index < -0.39 is 0 Å². The number of aromatic nitrogens is 2. The molecule has 2 aromatic rings. The van der Waals surface area contributed by atoms with Crippen LogP contribution in [0.2, 0.25) is 0 Å². The normalized spacial score (nSPS) is 9.95. The van der Waals surface area contributed by atoms with Crippen LogP contribution in [-0.4, -0.2) is 22.9 Å². The van der Waals surface area contributed by atoms with Crippen molar-refractivity contribution in [3.63, 3.8) is 0 Å². The molecule has 2 rings (SSSR count). The Hall–Kier alpha value is -2.48. The van der Waals surface area contributed by atoms with Gasteiger partial charge in [0.15, 0.2) is 0 Å². The van der Waals surface area contributed by atoms with Crippen molar-refractivity contribution in [2.75, 3.05) is 18.5 Å². The van der Waals surface area contributed by atoms with Gasteiger partial charge in [-0.25, -0.2) is 0 Å². The number of rotatable bonds is 5. The highest BCUT2D eigenvalue weighted by molar-refractivity contribution is 5.54. The number of nitrogens with zero attached hydrogens (tertiary/aromatic N) is 3. The number of hydrogen-bond donors (Lipinski definition) is 1. The molecule has 5 heteroatoms. The number of ether oxygens (including phenoxy) is 1. The number of aryl methyl sites for hydroxylation is 2. The fourth-order valence-corrected chi connectivity index (χ4v) is 1.85. The van der Waals surface area contributed by atoms with Crippen molar-refractivity contribution in [2.24, 2.45) is 7.05 Å². The highest BCUT2D eigenvalue weighted by atomic mass is 16.5. The van der Waals surface area contributed by atoms with Gasteiger partial charge in [-0.05, 0) is 19.1 Å². The average Bonchev–Trinajstić information content (AvgIpc) is 2.70. The van der Waals surface area contributed by atoms with E-state index in [0.717, 1.165) is 17.3 Å². The summed E-state index contributed by atoms with van der Waals surface area (Å²) in [6.45, 7) is 2.96. The van der Waals surface area contributed by atoms with E-state index in [1.807, 2.05) is 44.3 Å². The highest BCUT2D eigenvalue weighted by Crippen LogP contribution is 2.16. The van der Waals surface area contributed by atoms with Gasteiger partial charge in [0, 0.05) is 7.05 Å². The molecule has 0 saturated carbocycles. The van der Waals surface area contributed by atoms with E-state index in [1.54, 1.807) is 4.68 Å². The van der Waals surface area contributed by atoms with E-state index in [-0.39, 0.29) is 0 Å². The molecule has 0 atom stereocenters. The van der Waals surface area contributed by atoms with Crippen LogP contribution in [-0.2, 0) is 7.05 Å². The minimum absolute atomic E-state index is 0.527. The van der Waals surface area contributed by atoms with Crippen molar-refractivity contribution in [1.29, 1.82) is 5.26 Å². The molecule has 0 spiro atoms. The molecule has 0 radical (unpaired) electrons. The second-order valence-corrected chi connectivity index (χ2v) is 4.13. The summed E-state index contributed by atoms with van der Waals surface area (Å²) in [5.74, 6) is 1.57. The van der Waals surface area contributed by atoms with E-state index >= 15 is 0 Å². The van der Waals surface area contributed by atoms with Crippen molar-refractivity contribution in [1.82, 2.24) is 9.78 Å². The van der Waals surface area contributed by atoms with Crippen LogP contribution < -0.4 is 10.1 Å². The maximum atomic E-state index is 9.07. The Morgan fingerprint density at radius 1 is 1.37 bits per heavy atom. The molecule has 0 aliphatic rings. The molecular formula is C14H16N4O. The fraction of sp³-hybridized carbons (Fsp3) is 0.286. The Morgan fingerprint density at radius 2 is 2.11 bits per heavy atom. The van der Waals surface area contributed by atoms with Gasteiger partial charge in [0.05, 0.1) is 12.2 Å². The summed E-state index contributed by atoms with van der Waals surface area (Å²) in [5.41, 5.74) is 1.32. The standard InChI is InChI=1S/C14H16N4O/c1-11-13(10-15)14(18(2)17-11)16-8-9-19-12-6-4-3-5-7-12/h3-7,16H,8-9H2,1-2H3. The smallest absolute Gasteiger partial charge is 0.142 e. The summed E-state index contributed by atoms with van der Waals surface area (Å²) in [6, 6.07) is 11.8. The quantitative estimate of drug-likeness (QED) is 0.832. The molecule has 1 aromatic heterocycles. The van der Waals surface area contributed by atoms with E-state index in [9.17, 15) is 0 Å². The zero-order chi connectivity index (χ0) is 13.7. The van der Waals surface area contributed by atoms with Gasteiger partial charge in [0.25, 0.3) is 0 Å². The molecule has 0 fully saturated rings. The summed E-state index contributed by atoms with van der Waals surface area (Å²) in [4.78, 5) is 0. The van der Waals surface area contributed by atoms with Crippen molar-refractivity contribution in [3.05, 3.63) is 41.6 Å². The van der Waals surface area contributed by atoms with Gasteiger partial charge in [-0.3, -0.25) is 4.68 Å². The molecule has 0 bridgehead atoms. The summed E-state index contributed by atoms with van der Waals surface area (Å²) >= 11 is 0. The number of nitriles is 1. The molecule has 98 valence electrons. The third-order valence-electron chi connectivity index (χ3n) is 2.74. The lowest BCUT2D eigenvalue weighted by Gasteiger charge is -2.08. The molecule has 0 aliphatic heterocycles.